The molecule has 0 aromatic heterocycles. The molecule has 0 bridgehead atoms. The highest BCUT2D eigenvalue weighted by Gasteiger charge is 2.51. The minimum absolute atomic E-state index is 0.420. The van der Waals surface area contributed by atoms with E-state index in [1.807, 2.05) is 0 Å². The summed E-state index contributed by atoms with van der Waals surface area (Å²) >= 11 is 0. The molecule has 3 aliphatic rings. The standard InChI is InChI=1S/C28H40O/c1-17(2)18(3)7-8-19(4)26-11-12-27-25-15-21-9-10-22(29)16-24(21)20(5)23(25)13-14-28(26,27)6/h7-8,15,17-19,26-27H,9-14,16H2,1-6H3/b8-7+. The first-order valence-corrected chi connectivity index (χ1v) is 12.1. The Balaban J connectivity index is 1.63. The first-order valence-electron chi connectivity index (χ1n) is 12.1. The van der Waals surface area contributed by atoms with Crippen LogP contribution in [0.15, 0.2) is 18.2 Å². The summed E-state index contributed by atoms with van der Waals surface area (Å²) in [5.74, 6) is 3.95. The summed E-state index contributed by atoms with van der Waals surface area (Å²) in [5, 5.41) is 0. The van der Waals surface area contributed by atoms with Gasteiger partial charge in [0.2, 0.25) is 0 Å². The summed E-state index contributed by atoms with van der Waals surface area (Å²) in [7, 11) is 0. The molecular formula is C28H40O. The Kier molecular flexibility index (Phi) is 5.55. The lowest BCUT2D eigenvalue weighted by molar-refractivity contribution is -0.118. The number of fused-ring (bicyclic) bond motifs is 4. The Hall–Kier alpha value is -1.37. The fourth-order valence-electron chi connectivity index (χ4n) is 6.77. The number of carbonyl (C=O) groups is 1. The van der Waals surface area contributed by atoms with Crippen LogP contribution >= 0.6 is 0 Å². The van der Waals surface area contributed by atoms with Gasteiger partial charge in [-0.15, -0.1) is 0 Å². The molecule has 0 spiro atoms. The average Bonchev–Trinajstić information content (AvgIpc) is 3.04. The molecule has 1 fully saturated rings. The predicted molar refractivity (Wildman–Crippen MR) is 122 cm³/mol. The van der Waals surface area contributed by atoms with E-state index in [9.17, 15) is 4.79 Å². The monoisotopic (exact) mass is 392 g/mol. The molecule has 29 heavy (non-hydrogen) atoms. The number of Topliss-reactive ketones (excluding diaryl/α,β-unsaturated/α-hetero) is 1. The van der Waals surface area contributed by atoms with E-state index >= 15 is 0 Å². The van der Waals surface area contributed by atoms with Crippen LogP contribution in [-0.2, 0) is 24.1 Å². The van der Waals surface area contributed by atoms with Crippen molar-refractivity contribution in [3.8, 4) is 0 Å². The Morgan fingerprint density at radius 3 is 2.52 bits per heavy atom. The van der Waals surface area contributed by atoms with Crippen molar-refractivity contribution in [1.29, 1.82) is 0 Å². The van der Waals surface area contributed by atoms with E-state index in [0.29, 0.717) is 41.3 Å². The van der Waals surface area contributed by atoms with E-state index in [1.54, 1.807) is 11.1 Å². The summed E-state index contributed by atoms with van der Waals surface area (Å²) in [6, 6.07) is 2.54. The summed E-state index contributed by atoms with van der Waals surface area (Å²) in [5.41, 5.74) is 7.97. The van der Waals surface area contributed by atoms with Crippen molar-refractivity contribution in [3.05, 3.63) is 46.0 Å². The molecule has 0 N–H and O–H groups in total. The van der Waals surface area contributed by atoms with Crippen LogP contribution in [0.25, 0.3) is 0 Å². The zero-order valence-electron chi connectivity index (χ0n) is 19.5. The second-order valence-corrected chi connectivity index (χ2v) is 11.0. The van der Waals surface area contributed by atoms with Crippen molar-refractivity contribution in [2.24, 2.45) is 29.1 Å². The Labute approximate surface area is 178 Å². The number of rotatable bonds is 4. The molecule has 1 nitrogen and oxygen atoms in total. The number of hydrogen-bond acceptors (Lipinski definition) is 1. The topological polar surface area (TPSA) is 17.1 Å². The van der Waals surface area contributed by atoms with Crippen LogP contribution in [0.2, 0.25) is 0 Å². The number of allylic oxidation sites excluding steroid dienone is 2. The molecular weight excluding hydrogens is 352 g/mol. The van der Waals surface area contributed by atoms with Crippen molar-refractivity contribution in [3.63, 3.8) is 0 Å². The minimum atomic E-state index is 0.420. The van der Waals surface area contributed by atoms with Gasteiger partial charge < -0.3 is 0 Å². The highest BCUT2D eigenvalue weighted by molar-refractivity contribution is 5.84. The number of benzene rings is 1. The van der Waals surface area contributed by atoms with Crippen molar-refractivity contribution < 1.29 is 4.79 Å². The molecule has 0 radical (unpaired) electrons. The first kappa shape index (κ1) is 20.9. The molecule has 1 aromatic carbocycles. The second kappa shape index (κ2) is 7.71. The number of hydrogen-bond donors (Lipinski definition) is 0. The number of carbonyl (C=O) groups excluding carboxylic acids is 1. The number of aryl methyl sites for hydroxylation is 1. The Morgan fingerprint density at radius 1 is 1.03 bits per heavy atom. The fourth-order valence-corrected chi connectivity index (χ4v) is 6.77. The van der Waals surface area contributed by atoms with Crippen LogP contribution in [-0.4, -0.2) is 5.78 Å². The molecule has 1 aromatic rings. The van der Waals surface area contributed by atoms with E-state index in [4.69, 9.17) is 0 Å². The molecule has 5 unspecified atom stereocenters. The summed E-state index contributed by atoms with van der Waals surface area (Å²) in [6.45, 7) is 14.3. The van der Waals surface area contributed by atoms with Crippen LogP contribution in [0, 0.1) is 36.0 Å². The lowest BCUT2D eigenvalue weighted by atomic mass is 9.60. The van der Waals surface area contributed by atoms with Gasteiger partial charge in [0.1, 0.15) is 5.78 Å². The van der Waals surface area contributed by atoms with Gasteiger partial charge in [0, 0.05) is 12.8 Å². The van der Waals surface area contributed by atoms with Gasteiger partial charge in [-0.05, 0) is 102 Å². The quantitative estimate of drug-likeness (QED) is 0.505. The highest BCUT2D eigenvalue weighted by atomic mass is 16.1. The number of ketones is 1. The molecule has 158 valence electrons. The molecule has 0 aliphatic heterocycles. The molecule has 4 rings (SSSR count). The van der Waals surface area contributed by atoms with Crippen LogP contribution in [0.1, 0.15) is 94.0 Å². The van der Waals surface area contributed by atoms with Gasteiger partial charge in [0.25, 0.3) is 0 Å². The highest BCUT2D eigenvalue weighted by Crippen LogP contribution is 2.61. The second-order valence-electron chi connectivity index (χ2n) is 11.0. The van der Waals surface area contributed by atoms with Crippen molar-refractivity contribution in [2.75, 3.05) is 0 Å². The summed E-state index contributed by atoms with van der Waals surface area (Å²) in [4.78, 5) is 12.0. The van der Waals surface area contributed by atoms with Crippen LogP contribution in [0.5, 0.6) is 0 Å². The van der Waals surface area contributed by atoms with Gasteiger partial charge in [0.05, 0.1) is 0 Å². The maximum atomic E-state index is 12.0. The maximum absolute atomic E-state index is 12.0. The molecule has 1 heteroatoms. The average molecular weight is 393 g/mol. The van der Waals surface area contributed by atoms with E-state index in [1.165, 1.54) is 42.4 Å². The predicted octanol–water partition coefficient (Wildman–Crippen LogP) is 6.98. The molecule has 0 saturated heterocycles. The lowest BCUT2D eigenvalue weighted by Crippen LogP contribution is -2.35. The van der Waals surface area contributed by atoms with Crippen LogP contribution < -0.4 is 0 Å². The summed E-state index contributed by atoms with van der Waals surface area (Å²) in [6.07, 6.45) is 12.6. The largest absolute Gasteiger partial charge is 0.299 e. The van der Waals surface area contributed by atoms with E-state index < -0.39 is 0 Å². The molecule has 5 atom stereocenters. The van der Waals surface area contributed by atoms with Gasteiger partial charge in [-0.3, -0.25) is 4.79 Å². The molecule has 1 saturated carbocycles. The van der Waals surface area contributed by atoms with E-state index in [2.05, 4.69) is 59.8 Å². The lowest BCUT2D eigenvalue weighted by Gasteiger charge is -2.44. The SMILES string of the molecule is Cc1c2c(cc3c1CCC1(C)C3CCC1C(C)/C=C/C(C)C(C)C)CCC(=O)C2. The van der Waals surface area contributed by atoms with Crippen molar-refractivity contribution in [1.82, 2.24) is 0 Å². The zero-order chi connectivity index (χ0) is 20.9. The molecule has 3 aliphatic carbocycles. The van der Waals surface area contributed by atoms with Gasteiger partial charge in [-0.1, -0.05) is 52.8 Å². The zero-order valence-corrected chi connectivity index (χ0v) is 19.5. The maximum Gasteiger partial charge on any atom is 0.137 e. The van der Waals surface area contributed by atoms with Crippen molar-refractivity contribution >= 4 is 5.78 Å². The minimum Gasteiger partial charge on any atom is -0.299 e. The smallest absolute Gasteiger partial charge is 0.137 e. The molecule has 0 heterocycles. The normalized spacial score (nSPS) is 30.9. The third-order valence-electron chi connectivity index (χ3n) is 9.12. The first-order chi connectivity index (χ1) is 13.7. The summed E-state index contributed by atoms with van der Waals surface area (Å²) < 4.78 is 0. The Morgan fingerprint density at radius 2 is 1.79 bits per heavy atom. The van der Waals surface area contributed by atoms with Crippen LogP contribution in [0.3, 0.4) is 0 Å². The van der Waals surface area contributed by atoms with E-state index in [0.717, 1.165) is 18.8 Å². The van der Waals surface area contributed by atoms with Gasteiger partial charge >= 0.3 is 0 Å². The van der Waals surface area contributed by atoms with Gasteiger partial charge in [0.15, 0.2) is 0 Å². The van der Waals surface area contributed by atoms with E-state index in [-0.39, 0.29) is 0 Å². The van der Waals surface area contributed by atoms with Gasteiger partial charge in [-0.2, -0.15) is 0 Å². The van der Waals surface area contributed by atoms with Crippen LogP contribution in [0.4, 0.5) is 0 Å². The Bertz CT molecular complexity index is 829. The third-order valence-corrected chi connectivity index (χ3v) is 9.12. The van der Waals surface area contributed by atoms with Crippen molar-refractivity contribution in [2.45, 2.75) is 92.4 Å². The van der Waals surface area contributed by atoms with Gasteiger partial charge in [-0.25, -0.2) is 0 Å². The fraction of sp³-hybridized carbons (Fsp3) is 0.679. The third kappa shape index (κ3) is 3.53. The molecule has 0 amide bonds.